The molecular formula is C61H68N12O9S. The van der Waals surface area contributed by atoms with Crippen molar-refractivity contribution in [1.82, 2.24) is 40.9 Å². The number of urea groups is 3. The molecule has 12 N–H and O–H groups in total. The van der Waals surface area contributed by atoms with Gasteiger partial charge in [0.05, 0.1) is 32.5 Å². The molecule has 7 amide bonds. The molecule has 1 saturated heterocycles. The largest absolute Gasteiger partial charge is 0.496 e. The Bertz CT molecular complexity index is 3460. The highest BCUT2D eigenvalue weighted by molar-refractivity contribution is 7.15. The van der Waals surface area contributed by atoms with Crippen molar-refractivity contribution in [2.24, 2.45) is 0 Å². The highest BCUT2D eigenvalue weighted by Gasteiger charge is 2.32. The van der Waals surface area contributed by atoms with Crippen molar-refractivity contribution in [3.05, 3.63) is 213 Å². The van der Waals surface area contributed by atoms with E-state index in [4.69, 9.17) is 31.4 Å². The summed E-state index contributed by atoms with van der Waals surface area (Å²) in [6.07, 6.45) is 5.06. The molecule has 2 atom stereocenters. The topological polar surface area (TPSA) is 301 Å². The van der Waals surface area contributed by atoms with E-state index in [1.165, 1.54) is 21.9 Å². The molecule has 6 aromatic carbocycles. The van der Waals surface area contributed by atoms with Gasteiger partial charge in [-0.25, -0.2) is 24.2 Å². The van der Waals surface area contributed by atoms with Gasteiger partial charge < -0.3 is 68.2 Å². The van der Waals surface area contributed by atoms with Gasteiger partial charge in [-0.3, -0.25) is 14.0 Å². The first-order valence-corrected chi connectivity index (χ1v) is 27.6. The van der Waals surface area contributed by atoms with Crippen molar-refractivity contribution in [2.45, 2.75) is 64.5 Å². The molecule has 22 heteroatoms. The number of carbonyl (C=O) groups is 5. The summed E-state index contributed by atoms with van der Waals surface area (Å²) < 4.78 is 17.9. The van der Waals surface area contributed by atoms with Gasteiger partial charge >= 0.3 is 24.1 Å². The van der Waals surface area contributed by atoms with E-state index in [9.17, 15) is 28.8 Å². The number of esters is 1. The molecule has 1 fully saturated rings. The second-order valence-corrected chi connectivity index (χ2v) is 19.7. The van der Waals surface area contributed by atoms with Crippen LogP contribution in [-0.4, -0.2) is 77.1 Å². The van der Waals surface area contributed by atoms with Gasteiger partial charge in [-0.1, -0.05) is 97.1 Å². The third kappa shape index (κ3) is 19.0. The van der Waals surface area contributed by atoms with Crippen LogP contribution >= 0.6 is 11.3 Å². The highest BCUT2D eigenvalue weighted by Crippen LogP contribution is 2.36. The minimum absolute atomic E-state index is 0.0247. The third-order valence-corrected chi connectivity index (χ3v) is 13.6. The summed E-state index contributed by atoms with van der Waals surface area (Å²) in [5.41, 5.74) is 24.4. The molecule has 432 valence electrons. The molecule has 0 spiro atoms. The molecule has 1 aliphatic heterocycles. The Hall–Kier alpha value is -10.1. The fourth-order valence-electron chi connectivity index (χ4n) is 8.56. The second kappa shape index (κ2) is 31.1. The number of benzene rings is 6. The first kappa shape index (κ1) is 60.5. The molecule has 21 nitrogen and oxygen atoms in total. The average molecular weight is 1150 g/mol. The van der Waals surface area contributed by atoms with Crippen LogP contribution in [0.2, 0.25) is 0 Å². The fraction of sp³-hybridized carbons (Fsp3) is 0.230. The number of likely N-dealkylation sites (tertiary alicyclic amines) is 1. The van der Waals surface area contributed by atoms with Gasteiger partial charge in [-0.15, -0.1) is 11.3 Å². The van der Waals surface area contributed by atoms with Crippen LogP contribution in [0.25, 0.3) is 4.96 Å². The molecule has 83 heavy (non-hydrogen) atoms. The summed E-state index contributed by atoms with van der Waals surface area (Å²) in [7, 11) is 1.63. The minimum Gasteiger partial charge on any atom is -0.496 e. The third-order valence-electron chi connectivity index (χ3n) is 12.8. The lowest BCUT2D eigenvalue weighted by Gasteiger charge is -2.26. The van der Waals surface area contributed by atoms with E-state index in [2.05, 4.69) is 36.9 Å². The number of carbonyl (C=O) groups excluding carboxylic acids is 5. The lowest BCUT2D eigenvalue weighted by molar-refractivity contribution is -0.145. The minimum atomic E-state index is -0.833. The van der Waals surface area contributed by atoms with E-state index < -0.39 is 24.1 Å². The summed E-state index contributed by atoms with van der Waals surface area (Å²) in [6, 6.07) is 44.6. The number of thiazole rings is 1. The highest BCUT2D eigenvalue weighted by atomic mass is 32.1. The number of fused-ring (bicyclic) bond motifs is 1. The predicted octanol–water partition coefficient (Wildman–Crippen LogP) is 7.92. The molecular weight excluding hydrogens is 1080 g/mol. The van der Waals surface area contributed by atoms with Crippen LogP contribution in [-0.2, 0) is 47.0 Å². The van der Waals surface area contributed by atoms with Crippen molar-refractivity contribution in [3.63, 3.8) is 0 Å². The molecule has 2 aromatic heterocycles. The quantitative estimate of drug-likeness (QED) is 0.0275. The maximum Gasteiger partial charge on any atom is 0.329 e. The molecule has 1 aliphatic rings. The SMILES string of the molecule is CCOC(=O)C(Cc1cccc(OCc2ccccc2)c1)NC(=O)NCc1ccc(N)cc1.COc1ccccc1C1CCCN1C(=O)CNC(=O)NCc1ccc(N)cc1.Nc1ccc(CNC(=O)Nc2cnc3sccn3c2=O)cc1. The molecule has 0 aliphatic carbocycles. The van der Waals surface area contributed by atoms with Crippen LogP contribution in [0, 0.1) is 0 Å². The fourth-order valence-corrected chi connectivity index (χ4v) is 9.24. The van der Waals surface area contributed by atoms with Crippen LogP contribution < -0.4 is 64.1 Å². The maximum absolute atomic E-state index is 12.7. The van der Waals surface area contributed by atoms with Gasteiger partial charge in [-0.2, -0.15) is 0 Å². The number of ether oxygens (including phenoxy) is 3. The second-order valence-electron chi connectivity index (χ2n) is 18.8. The number of anilines is 4. The summed E-state index contributed by atoms with van der Waals surface area (Å²) in [4.78, 5) is 80.1. The van der Waals surface area contributed by atoms with E-state index in [0.29, 0.717) is 60.6 Å². The van der Waals surface area contributed by atoms with Crippen LogP contribution in [0.5, 0.6) is 11.5 Å². The standard InChI is InChI=1S/C26H29N3O4.C21H26N4O3.C14H13N5O2S/c1-2-32-25(30)24(29-26(31)28-17-19-11-13-22(27)14-12-19)16-21-9-6-10-23(15-21)33-18-20-7-4-3-5-8-20;1-28-19-7-3-2-5-17(19)18-6-4-12-25(18)20(26)14-24-21(27)23-13-15-8-10-16(22)11-9-15;15-10-3-1-9(2-4-10)7-16-13(21)18-11-8-17-14-19(12(11)20)5-6-22-14/h3-15,24H,2,16-18,27H2,1H3,(H2,28,29,31);2-3,5,7-11,18H,4,6,12-14,22H2,1H3,(H2,23,24,27);1-6,8H,7,15H2,(H2,16,18,21). The van der Waals surface area contributed by atoms with Crippen molar-refractivity contribution >= 4 is 69.0 Å². The first-order valence-electron chi connectivity index (χ1n) is 26.7. The Morgan fingerprint density at radius 2 is 1.28 bits per heavy atom. The number of hydrogen-bond acceptors (Lipinski definition) is 14. The molecule has 9 rings (SSSR count). The smallest absolute Gasteiger partial charge is 0.329 e. The van der Waals surface area contributed by atoms with E-state index in [0.717, 1.165) is 52.0 Å². The monoisotopic (exact) mass is 1140 g/mol. The number of nitrogens with one attached hydrogen (secondary N) is 6. The van der Waals surface area contributed by atoms with Gasteiger partial charge in [0.2, 0.25) is 5.91 Å². The van der Waals surface area contributed by atoms with Gasteiger partial charge in [0, 0.05) is 66.8 Å². The molecule has 0 radical (unpaired) electrons. The number of hydrogen-bond donors (Lipinski definition) is 9. The number of aromatic nitrogens is 2. The van der Waals surface area contributed by atoms with Crippen molar-refractivity contribution in [3.8, 4) is 11.5 Å². The molecule has 0 saturated carbocycles. The molecule has 2 unspecified atom stereocenters. The zero-order chi connectivity index (χ0) is 58.9. The average Bonchev–Trinajstić information content (AvgIpc) is 4.43. The number of nitrogen functional groups attached to an aromatic ring is 3. The zero-order valence-electron chi connectivity index (χ0n) is 46.0. The Balaban J connectivity index is 0.000000182. The normalized spacial score (nSPS) is 12.7. The molecule has 0 bridgehead atoms. The van der Waals surface area contributed by atoms with E-state index >= 15 is 0 Å². The summed E-state index contributed by atoms with van der Waals surface area (Å²) in [5.74, 6) is 0.875. The zero-order valence-corrected chi connectivity index (χ0v) is 46.9. The summed E-state index contributed by atoms with van der Waals surface area (Å²) >= 11 is 1.35. The Morgan fingerprint density at radius 1 is 0.687 bits per heavy atom. The van der Waals surface area contributed by atoms with Crippen molar-refractivity contribution < 1.29 is 38.2 Å². The van der Waals surface area contributed by atoms with Gasteiger partial charge in [-0.05, 0) is 102 Å². The van der Waals surface area contributed by atoms with Crippen LogP contribution in [0.4, 0.5) is 37.1 Å². The summed E-state index contributed by atoms with van der Waals surface area (Å²) in [5, 5.41) is 17.8. The van der Waals surface area contributed by atoms with Gasteiger partial charge in [0.15, 0.2) is 4.96 Å². The van der Waals surface area contributed by atoms with Crippen LogP contribution in [0.15, 0.2) is 174 Å². The molecule has 8 aromatic rings. The lowest BCUT2D eigenvalue weighted by atomic mass is 10.0. The number of rotatable bonds is 19. The van der Waals surface area contributed by atoms with Crippen LogP contribution in [0.1, 0.15) is 59.2 Å². The van der Waals surface area contributed by atoms with Crippen molar-refractivity contribution in [2.75, 3.05) is 49.3 Å². The number of methoxy groups -OCH3 is 1. The lowest BCUT2D eigenvalue weighted by Crippen LogP contribution is -2.47. The van der Waals surface area contributed by atoms with Gasteiger partial charge in [0.25, 0.3) is 5.56 Å². The molecule has 3 heterocycles. The number of nitrogens with two attached hydrogens (primary N) is 3. The number of nitrogens with zero attached hydrogens (tertiary/aromatic N) is 3. The Kier molecular flexibility index (Phi) is 22.7. The number of para-hydroxylation sites is 1. The van der Waals surface area contributed by atoms with E-state index in [1.54, 1.807) is 62.0 Å². The summed E-state index contributed by atoms with van der Waals surface area (Å²) in [6.45, 7) is 4.05. The Labute approximate surface area is 484 Å². The predicted molar refractivity (Wildman–Crippen MR) is 321 cm³/mol. The van der Waals surface area contributed by atoms with Gasteiger partial charge in [0.1, 0.15) is 29.8 Å². The van der Waals surface area contributed by atoms with Crippen molar-refractivity contribution in [1.29, 1.82) is 0 Å². The number of amides is 7. The Morgan fingerprint density at radius 3 is 1.90 bits per heavy atom. The van der Waals surface area contributed by atoms with E-state index in [1.807, 2.05) is 120 Å². The van der Waals surface area contributed by atoms with Crippen LogP contribution in [0.3, 0.4) is 0 Å². The maximum atomic E-state index is 12.7. The van der Waals surface area contributed by atoms with E-state index in [-0.39, 0.29) is 48.8 Å². The first-order chi connectivity index (χ1) is 40.2.